The van der Waals surface area contributed by atoms with E-state index < -0.39 is 5.60 Å². The SMILES string of the molecule is CCOC(=O)[C@@H]1C[C@@]1(C)OC(C)=O. The van der Waals surface area contributed by atoms with Crippen molar-refractivity contribution < 1.29 is 19.1 Å². The van der Waals surface area contributed by atoms with E-state index in [2.05, 4.69) is 0 Å². The average Bonchev–Trinajstić information content (AvgIpc) is 2.60. The maximum Gasteiger partial charge on any atom is 0.313 e. The number of ether oxygens (including phenoxy) is 2. The lowest BCUT2D eigenvalue weighted by molar-refractivity contribution is -0.153. The van der Waals surface area contributed by atoms with Crippen LogP contribution in [0.3, 0.4) is 0 Å². The molecule has 0 radical (unpaired) electrons. The molecule has 0 amide bonds. The molecule has 0 aromatic heterocycles. The molecule has 1 saturated carbocycles. The Balaban J connectivity index is 2.43. The minimum atomic E-state index is -0.613. The van der Waals surface area contributed by atoms with Crippen LogP contribution in [0.15, 0.2) is 0 Å². The molecule has 13 heavy (non-hydrogen) atoms. The van der Waals surface area contributed by atoms with E-state index in [4.69, 9.17) is 9.47 Å². The highest BCUT2D eigenvalue weighted by Crippen LogP contribution is 2.47. The summed E-state index contributed by atoms with van der Waals surface area (Å²) in [5.74, 6) is -0.892. The Labute approximate surface area is 77.2 Å². The molecule has 1 rings (SSSR count). The highest BCUT2D eigenvalue weighted by atomic mass is 16.6. The third-order valence-electron chi connectivity index (χ3n) is 2.13. The van der Waals surface area contributed by atoms with E-state index in [1.54, 1.807) is 13.8 Å². The maximum atomic E-state index is 11.2. The van der Waals surface area contributed by atoms with Crippen molar-refractivity contribution in [1.82, 2.24) is 0 Å². The second kappa shape index (κ2) is 3.36. The van der Waals surface area contributed by atoms with Crippen molar-refractivity contribution >= 4 is 11.9 Å². The number of hydrogen-bond donors (Lipinski definition) is 0. The van der Waals surface area contributed by atoms with Crippen LogP contribution in [0.5, 0.6) is 0 Å². The molecule has 0 aromatic carbocycles. The lowest BCUT2D eigenvalue weighted by atomic mass is 10.3. The molecule has 0 aromatic rings. The zero-order chi connectivity index (χ0) is 10.1. The summed E-state index contributed by atoms with van der Waals surface area (Å²) in [6.07, 6.45) is 0.575. The van der Waals surface area contributed by atoms with E-state index in [-0.39, 0.29) is 17.9 Å². The van der Waals surface area contributed by atoms with Gasteiger partial charge in [-0.15, -0.1) is 0 Å². The van der Waals surface area contributed by atoms with Crippen LogP contribution in [-0.2, 0) is 19.1 Å². The highest BCUT2D eigenvalue weighted by molar-refractivity contribution is 5.79. The van der Waals surface area contributed by atoms with Crippen LogP contribution in [0.4, 0.5) is 0 Å². The largest absolute Gasteiger partial charge is 0.466 e. The quantitative estimate of drug-likeness (QED) is 0.614. The van der Waals surface area contributed by atoms with Gasteiger partial charge in [-0.2, -0.15) is 0 Å². The van der Waals surface area contributed by atoms with Gasteiger partial charge in [0, 0.05) is 13.3 Å². The molecule has 0 saturated heterocycles. The zero-order valence-corrected chi connectivity index (χ0v) is 8.12. The first kappa shape index (κ1) is 10.0. The van der Waals surface area contributed by atoms with Crippen LogP contribution in [0.25, 0.3) is 0 Å². The number of carbonyl (C=O) groups is 2. The minimum absolute atomic E-state index is 0.267. The summed E-state index contributed by atoms with van der Waals surface area (Å²) in [5.41, 5.74) is -0.613. The fourth-order valence-electron chi connectivity index (χ4n) is 1.36. The van der Waals surface area contributed by atoms with Crippen LogP contribution < -0.4 is 0 Å². The predicted octanol–water partition coefficient (Wildman–Crippen LogP) is 0.891. The molecule has 2 atom stereocenters. The first-order chi connectivity index (χ1) is 5.99. The maximum absolute atomic E-state index is 11.2. The Morgan fingerprint density at radius 2 is 2.15 bits per heavy atom. The third-order valence-corrected chi connectivity index (χ3v) is 2.13. The first-order valence-corrected chi connectivity index (χ1v) is 4.36. The third kappa shape index (κ3) is 2.20. The summed E-state index contributed by atoms with van der Waals surface area (Å²) < 4.78 is 9.80. The molecule has 1 fully saturated rings. The smallest absolute Gasteiger partial charge is 0.313 e. The van der Waals surface area contributed by atoms with Gasteiger partial charge in [-0.3, -0.25) is 9.59 Å². The fraction of sp³-hybridized carbons (Fsp3) is 0.778. The van der Waals surface area contributed by atoms with Gasteiger partial charge in [0.2, 0.25) is 0 Å². The molecule has 74 valence electrons. The van der Waals surface area contributed by atoms with Gasteiger partial charge in [-0.1, -0.05) is 0 Å². The Kier molecular flexibility index (Phi) is 2.59. The lowest BCUT2D eigenvalue weighted by Crippen LogP contribution is -2.21. The van der Waals surface area contributed by atoms with Crippen molar-refractivity contribution in [2.24, 2.45) is 5.92 Å². The molecule has 1 aliphatic carbocycles. The molecule has 4 nitrogen and oxygen atoms in total. The Morgan fingerprint density at radius 3 is 2.62 bits per heavy atom. The van der Waals surface area contributed by atoms with E-state index >= 15 is 0 Å². The van der Waals surface area contributed by atoms with E-state index in [1.807, 2.05) is 0 Å². The number of rotatable bonds is 3. The van der Waals surface area contributed by atoms with E-state index in [1.165, 1.54) is 6.92 Å². The summed E-state index contributed by atoms with van der Waals surface area (Å²) in [6, 6.07) is 0. The molecular weight excluding hydrogens is 172 g/mol. The molecule has 0 heterocycles. The summed E-state index contributed by atoms with van der Waals surface area (Å²) in [7, 11) is 0. The van der Waals surface area contributed by atoms with Gasteiger partial charge in [0.1, 0.15) is 11.5 Å². The van der Waals surface area contributed by atoms with Crippen LogP contribution >= 0.6 is 0 Å². The molecule has 0 N–H and O–H groups in total. The predicted molar refractivity (Wildman–Crippen MR) is 44.9 cm³/mol. The zero-order valence-electron chi connectivity index (χ0n) is 8.12. The molecule has 0 bridgehead atoms. The highest BCUT2D eigenvalue weighted by Gasteiger charge is 2.59. The van der Waals surface area contributed by atoms with Gasteiger partial charge in [0.25, 0.3) is 0 Å². The Morgan fingerprint density at radius 1 is 1.54 bits per heavy atom. The fourth-order valence-corrected chi connectivity index (χ4v) is 1.36. The lowest BCUT2D eigenvalue weighted by Gasteiger charge is -2.10. The van der Waals surface area contributed by atoms with Crippen molar-refractivity contribution in [1.29, 1.82) is 0 Å². The van der Waals surface area contributed by atoms with Gasteiger partial charge in [0.15, 0.2) is 0 Å². The van der Waals surface area contributed by atoms with Crippen LogP contribution in [0.1, 0.15) is 27.2 Å². The molecule has 0 spiro atoms. The summed E-state index contributed by atoms with van der Waals surface area (Å²) in [4.78, 5) is 21.8. The van der Waals surface area contributed by atoms with E-state index in [9.17, 15) is 9.59 Å². The van der Waals surface area contributed by atoms with Gasteiger partial charge in [0.05, 0.1) is 6.61 Å². The number of esters is 2. The standard InChI is InChI=1S/C9H14O4/c1-4-12-8(11)7-5-9(7,3)13-6(2)10/h7H,4-5H2,1-3H3/t7-,9+/m0/s1. The normalized spacial score (nSPS) is 30.8. The number of carbonyl (C=O) groups excluding carboxylic acids is 2. The van der Waals surface area contributed by atoms with Crippen LogP contribution in [-0.4, -0.2) is 24.1 Å². The van der Waals surface area contributed by atoms with Crippen molar-refractivity contribution in [2.45, 2.75) is 32.8 Å². The second-order valence-electron chi connectivity index (χ2n) is 3.42. The van der Waals surface area contributed by atoms with E-state index in [0.29, 0.717) is 13.0 Å². The van der Waals surface area contributed by atoms with Crippen molar-refractivity contribution in [3.8, 4) is 0 Å². The molecule has 0 unspecified atom stereocenters. The van der Waals surface area contributed by atoms with Gasteiger partial charge >= 0.3 is 11.9 Å². The first-order valence-electron chi connectivity index (χ1n) is 4.36. The minimum Gasteiger partial charge on any atom is -0.466 e. The average molecular weight is 186 g/mol. The summed E-state index contributed by atoms with van der Waals surface area (Å²) >= 11 is 0. The molecule has 0 aliphatic heterocycles. The van der Waals surface area contributed by atoms with Gasteiger partial charge in [-0.05, 0) is 13.8 Å². The summed E-state index contributed by atoms with van der Waals surface area (Å²) in [5, 5.41) is 0. The van der Waals surface area contributed by atoms with E-state index in [0.717, 1.165) is 0 Å². The Hall–Kier alpha value is -1.06. The summed E-state index contributed by atoms with van der Waals surface area (Å²) in [6.45, 7) is 5.21. The Bertz CT molecular complexity index is 236. The van der Waals surface area contributed by atoms with Gasteiger partial charge < -0.3 is 9.47 Å². The second-order valence-corrected chi connectivity index (χ2v) is 3.42. The van der Waals surface area contributed by atoms with Crippen molar-refractivity contribution in [3.05, 3.63) is 0 Å². The topological polar surface area (TPSA) is 52.6 Å². The van der Waals surface area contributed by atoms with Gasteiger partial charge in [-0.25, -0.2) is 0 Å². The molecular formula is C9H14O4. The van der Waals surface area contributed by atoms with Crippen LogP contribution in [0.2, 0.25) is 0 Å². The van der Waals surface area contributed by atoms with Crippen LogP contribution in [0, 0.1) is 5.92 Å². The van der Waals surface area contributed by atoms with Crippen molar-refractivity contribution in [2.75, 3.05) is 6.61 Å². The van der Waals surface area contributed by atoms with Crippen molar-refractivity contribution in [3.63, 3.8) is 0 Å². The number of hydrogen-bond acceptors (Lipinski definition) is 4. The monoisotopic (exact) mass is 186 g/mol. The molecule has 1 aliphatic rings. The molecule has 4 heteroatoms.